The second-order valence-corrected chi connectivity index (χ2v) is 8.81. The number of carbonyl (C=O) groups is 1. The first-order valence-electron chi connectivity index (χ1n) is 6.01. The molecule has 0 bridgehead atoms. The van der Waals surface area contributed by atoms with E-state index in [-0.39, 0.29) is 23.3 Å². The zero-order valence-electron chi connectivity index (χ0n) is 10.6. The number of sulfone groups is 1. The van der Waals surface area contributed by atoms with Gasteiger partial charge in [-0.3, -0.25) is 4.79 Å². The van der Waals surface area contributed by atoms with Crippen LogP contribution >= 0.6 is 23.6 Å². The van der Waals surface area contributed by atoms with Crippen LogP contribution < -0.4 is 5.32 Å². The number of hydrogen-bond acceptors (Lipinski definition) is 5. The molecule has 0 aromatic carbocycles. The molecule has 106 valence electrons. The summed E-state index contributed by atoms with van der Waals surface area (Å²) < 4.78 is 23.3. The van der Waals surface area contributed by atoms with Gasteiger partial charge in [-0.05, 0) is 31.5 Å². The summed E-state index contributed by atoms with van der Waals surface area (Å²) in [6, 6.07) is 0. The lowest BCUT2D eigenvalue weighted by molar-refractivity contribution is -0.120. The Hall–Kier alpha value is -0.730. The summed E-state index contributed by atoms with van der Waals surface area (Å²) in [4.78, 5) is 15.7. The number of hydrogen-bond donors (Lipinski definition) is 2. The molecule has 1 saturated heterocycles. The molecule has 1 fully saturated rings. The third kappa shape index (κ3) is 4.12. The predicted octanol–water partition coefficient (Wildman–Crippen LogP) is 1.21. The zero-order valence-corrected chi connectivity index (χ0v) is 13.0. The molecule has 0 aliphatic carbocycles. The normalized spacial score (nSPS) is 21.4. The van der Waals surface area contributed by atoms with Crippen molar-refractivity contribution >= 4 is 39.3 Å². The summed E-state index contributed by atoms with van der Waals surface area (Å²) in [7, 11) is -2.87. The molecule has 0 unspecified atom stereocenters. The topological polar surface area (TPSA) is 79.0 Å². The fraction of sp³-hybridized carbons (Fsp3) is 0.636. The first kappa shape index (κ1) is 14.7. The van der Waals surface area contributed by atoms with Crippen molar-refractivity contribution in [2.24, 2.45) is 5.92 Å². The predicted molar refractivity (Wildman–Crippen MR) is 77.7 cm³/mol. The largest absolute Gasteiger partial charge is 0.355 e. The van der Waals surface area contributed by atoms with E-state index >= 15 is 0 Å². The lowest BCUT2D eigenvalue weighted by Gasteiger charge is -2.09. The third-order valence-corrected chi connectivity index (χ3v) is 6.33. The molecule has 19 heavy (non-hydrogen) atoms. The molecule has 1 atom stereocenters. The first-order valence-corrected chi connectivity index (χ1v) is 9.06. The average Bonchev–Trinajstić information content (AvgIpc) is 2.79. The molecular weight excluding hydrogens is 304 g/mol. The minimum absolute atomic E-state index is 0.0551. The number of thiazole rings is 1. The Kier molecular flexibility index (Phi) is 4.42. The second-order valence-electron chi connectivity index (χ2n) is 4.81. The molecule has 1 aromatic rings. The summed E-state index contributed by atoms with van der Waals surface area (Å²) in [5, 5.41) is 2.80. The maximum Gasteiger partial charge on any atom is 0.225 e. The second kappa shape index (κ2) is 5.72. The van der Waals surface area contributed by atoms with E-state index in [1.54, 1.807) is 0 Å². The number of carbonyl (C=O) groups excluding carboxylic acids is 1. The number of aryl methyl sites for hydroxylation is 1. The van der Waals surface area contributed by atoms with Gasteiger partial charge < -0.3 is 10.3 Å². The van der Waals surface area contributed by atoms with E-state index in [4.69, 9.17) is 12.2 Å². The van der Waals surface area contributed by atoms with E-state index in [2.05, 4.69) is 10.3 Å². The summed E-state index contributed by atoms with van der Waals surface area (Å²) in [6.07, 6.45) is 0.938. The van der Waals surface area contributed by atoms with Gasteiger partial charge >= 0.3 is 0 Å². The Morgan fingerprint density at radius 2 is 2.32 bits per heavy atom. The average molecular weight is 320 g/mol. The van der Waals surface area contributed by atoms with Gasteiger partial charge in [-0.2, -0.15) is 0 Å². The van der Waals surface area contributed by atoms with Gasteiger partial charge in [-0.1, -0.05) is 0 Å². The van der Waals surface area contributed by atoms with Crippen LogP contribution in [0.1, 0.15) is 17.0 Å². The lowest BCUT2D eigenvalue weighted by Crippen LogP contribution is -2.30. The Labute approximate surface area is 121 Å². The molecule has 2 heterocycles. The molecule has 1 aromatic heterocycles. The van der Waals surface area contributed by atoms with Gasteiger partial charge in [0.25, 0.3) is 0 Å². The highest BCUT2D eigenvalue weighted by Gasteiger charge is 2.27. The first-order chi connectivity index (χ1) is 8.85. The van der Waals surface area contributed by atoms with E-state index in [9.17, 15) is 13.2 Å². The highest BCUT2D eigenvalue weighted by Crippen LogP contribution is 2.18. The minimum atomic E-state index is -2.87. The van der Waals surface area contributed by atoms with Crippen molar-refractivity contribution in [1.29, 1.82) is 0 Å². The van der Waals surface area contributed by atoms with Gasteiger partial charge in [0.15, 0.2) is 13.8 Å². The van der Waals surface area contributed by atoms with Crippen molar-refractivity contribution in [3.05, 3.63) is 14.5 Å². The number of aromatic amines is 1. The van der Waals surface area contributed by atoms with Crippen LogP contribution in [0.2, 0.25) is 0 Å². The van der Waals surface area contributed by atoms with Gasteiger partial charge in [0, 0.05) is 17.1 Å². The molecule has 1 aliphatic rings. The van der Waals surface area contributed by atoms with E-state index < -0.39 is 9.84 Å². The zero-order chi connectivity index (χ0) is 14.0. The van der Waals surface area contributed by atoms with Crippen LogP contribution in [-0.4, -0.2) is 37.4 Å². The molecule has 0 saturated carbocycles. The molecule has 5 nitrogen and oxygen atoms in total. The van der Waals surface area contributed by atoms with E-state index in [0.29, 0.717) is 23.3 Å². The van der Waals surface area contributed by atoms with Crippen LogP contribution in [0.5, 0.6) is 0 Å². The standard InChI is InChI=1S/C11H16N2O3S3/c1-7-9(18-11(17)13-7)4-10(14)12-5-8-2-3-19(15,16)6-8/h8H,2-6H2,1H3,(H,12,14)(H,13,17)/t8-/m1/s1. The molecular formula is C11H16N2O3S3. The van der Waals surface area contributed by atoms with Gasteiger partial charge in [0.2, 0.25) is 5.91 Å². The number of amides is 1. The number of H-pyrrole nitrogens is 1. The van der Waals surface area contributed by atoms with Crippen molar-refractivity contribution in [2.45, 2.75) is 19.8 Å². The SMILES string of the molecule is Cc1[nH]c(=S)sc1CC(=O)NC[C@H]1CCS(=O)(=O)C1. The van der Waals surface area contributed by atoms with Crippen LogP contribution in [-0.2, 0) is 21.1 Å². The Morgan fingerprint density at radius 3 is 2.84 bits per heavy atom. The van der Waals surface area contributed by atoms with Crippen LogP contribution in [0, 0.1) is 16.8 Å². The maximum atomic E-state index is 11.8. The summed E-state index contributed by atoms with van der Waals surface area (Å²) in [6.45, 7) is 2.32. The number of nitrogens with one attached hydrogen (secondary N) is 2. The monoisotopic (exact) mass is 320 g/mol. The van der Waals surface area contributed by atoms with Crippen LogP contribution in [0.4, 0.5) is 0 Å². The quantitative estimate of drug-likeness (QED) is 0.817. The summed E-state index contributed by atoms with van der Waals surface area (Å²) in [5.41, 5.74) is 0.925. The van der Waals surface area contributed by atoms with Crippen molar-refractivity contribution in [1.82, 2.24) is 10.3 Å². The smallest absolute Gasteiger partial charge is 0.225 e. The fourth-order valence-electron chi connectivity index (χ4n) is 2.10. The maximum absolute atomic E-state index is 11.8. The summed E-state index contributed by atoms with van der Waals surface area (Å²) in [5.74, 6) is 0.401. The molecule has 1 aliphatic heterocycles. The third-order valence-electron chi connectivity index (χ3n) is 3.16. The van der Waals surface area contributed by atoms with Crippen LogP contribution in [0.15, 0.2) is 0 Å². The Balaban J connectivity index is 1.82. The fourth-order valence-corrected chi connectivity index (χ4v) is 5.26. The van der Waals surface area contributed by atoms with Gasteiger partial charge in [0.05, 0.1) is 17.9 Å². The van der Waals surface area contributed by atoms with Crippen molar-refractivity contribution in [3.63, 3.8) is 0 Å². The minimum Gasteiger partial charge on any atom is -0.355 e. The number of aromatic nitrogens is 1. The van der Waals surface area contributed by atoms with Crippen molar-refractivity contribution in [3.8, 4) is 0 Å². The lowest BCUT2D eigenvalue weighted by atomic mass is 10.1. The highest BCUT2D eigenvalue weighted by molar-refractivity contribution is 7.91. The molecule has 2 N–H and O–H groups in total. The molecule has 0 radical (unpaired) electrons. The molecule has 2 rings (SSSR count). The summed E-state index contributed by atoms with van der Waals surface area (Å²) >= 11 is 6.42. The van der Waals surface area contributed by atoms with Crippen molar-refractivity contribution in [2.75, 3.05) is 18.1 Å². The Bertz CT molecular complexity index is 630. The van der Waals surface area contributed by atoms with Crippen molar-refractivity contribution < 1.29 is 13.2 Å². The highest BCUT2D eigenvalue weighted by atomic mass is 32.2. The van der Waals surface area contributed by atoms with Gasteiger partial charge in [0.1, 0.15) is 0 Å². The molecule has 8 heteroatoms. The van der Waals surface area contributed by atoms with E-state index in [1.807, 2.05) is 6.92 Å². The van der Waals surface area contributed by atoms with Gasteiger partial charge in [-0.15, -0.1) is 11.3 Å². The van der Waals surface area contributed by atoms with Crippen LogP contribution in [0.3, 0.4) is 0 Å². The number of rotatable bonds is 4. The molecule has 0 spiro atoms. The Morgan fingerprint density at radius 1 is 1.58 bits per heavy atom. The van der Waals surface area contributed by atoms with E-state index in [0.717, 1.165) is 10.6 Å². The van der Waals surface area contributed by atoms with Crippen LogP contribution in [0.25, 0.3) is 0 Å². The molecule has 1 amide bonds. The van der Waals surface area contributed by atoms with E-state index in [1.165, 1.54) is 11.3 Å². The van der Waals surface area contributed by atoms with Gasteiger partial charge in [-0.25, -0.2) is 8.42 Å².